The number of ether oxygens (including phenoxy) is 1. The number of benzene rings is 1. The molecule has 0 fully saturated rings. The maximum atomic E-state index is 5.74. The van der Waals surface area contributed by atoms with Crippen LogP contribution in [-0.2, 0) is 6.54 Å². The van der Waals surface area contributed by atoms with Crippen LogP contribution in [0.5, 0.6) is 5.75 Å². The van der Waals surface area contributed by atoms with Crippen LogP contribution in [-0.4, -0.2) is 6.10 Å². The Balaban J connectivity index is 1.96. The van der Waals surface area contributed by atoms with Gasteiger partial charge in [-0.1, -0.05) is 12.1 Å². The zero-order chi connectivity index (χ0) is 14.5. The topological polar surface area (TPSA) is 21.3 Å². The van der Waals surface area contributed by atoms with Gasteiger partial charge in [0.25, 0.3) is 0 Å². The molecule has 0 saturated carbocycles. The second-order valence-electron chi connectivity index (χ2n) is 5.05. The smallest absolute Gasteiger partial charge is 0.120 e. The second-order valence-corrected chi connectivity index (χ2v) is 7.60. The molecule has 1 N–H and O–H groups in total. The first-order chi connectivity index (χ1) is 9.54. The fourth-order valence-electron chi connectivity index (χ4n) is 1.95. The molecule has 2 nitrogen and oxygen atoms in total. The van der Waals surface area contributed by atoms with E-state index in [9.17, 15) is 0 Å². The maximum Gasteiger partial charge on any atom is 0.120 e. The van der Waals surface area contributed by atoms with Gasteiger partial charge in [-0.2, -0.15) is 0 Å². The van der Waals surface area contributed by atoms with Gasteiger partial charge in [0.2, 0.25) is 0 Å². The van der Waals surface area contributed by atoms with Crippen molar-refractivity contribution in [1.29, 1.82) is 0 Å². The van der Waals surface area contributed by atoms with E-state index in [2.05, 4.69) is 52.4 Å². The summed E-state index contributed by atoms with van der Waals surface area (Å²) in [5, 5.41) is 3.54. The van der Waals surface area contributed by atoms with Crippen molar-refractivity contribution in [2.75, 3.05) is 0 Å². The quantitative estimate of drug-likeness (QED) is 0.775. The minimum absolute atomic E-state index is 0.206. The monoisotopic (exact) mass is 353 g/mol. The Hall–Kier alpha value is -0.840. The molecule has 0 aliphatic carbocycles. The molecule has 0 aliphatic rings. The molecule has 1 atom stereocenters. The Kier molecular flexibility index (Phi) is 5.64. The van der Waals surface area contributed by atoms with E-state index in [0.717, 1.165) is 12.3 Å². The molecule has 0 saturated heterocycles. The normalized spacial score (nSPS) is 12.7. The molecule has 0 amide bonds. The van der Waals surface area contributed by atoms with Gasteiger partial charge in [-0.05, 0) is 66.5 Å². The van der Waals surface area contributed by atoms with Crippen molar-refractivity contribution in [1.82, 2.24) is 5.32 Å². The lowest BCUT2D eigenvalue weighted by atomic mass is 10.1. The van der Waals surface area contributed by atoms with Gasteiger partial charge in [-0.25, -0.2) is 0 Å². The summed E-state index contributed by atoms with van der Waals surface area (Å²) in [6.45, 7) is 7.15. The third-order valence-corrected chi connectivity index (χ3v) is 4.56. The zero-order valence-corrected chi connectivity index (χ0v) is 14.4. The van der Waals surface area contributed by atoms with E-state index < -0.39 is 0 Å². The highest BCUT2D eigenvalue weighted by atomic mass is 79.9. The summed E-state index contributed by atoms with van der Waals surface area (Å²) in [4.78, 5) is 1.33. The van der Waals surface area contributed by atoms with Crippen LogP contribution in [0.1, 0.15) is 37.3 Å². The molecule has 1 aromatic carbocycles. The first-order valence-electron chi connectivity index (χ1n) is 6.79. The number of hydrogen-bond donors (Lipinski definition) is 1. The van der Waals surface area contributed by atoms with Crippen molar-refractivity contribution in [2.24, 2.45) is 0 Å². The first kappa shape index (κ1) is 15.5. The summed E-state index contributed by atoms with van der Waals surface area (Å²) < 4.78 is 6.91. The highest BCUT2D eigenvalue weighted by molar-refractivity contribution is 9.11. The van der Waals surface area contributed by atoms with Gasteiger partial charge in [-0.15, -0.1) is 11.3 Å². The van der Waals surface area contributed by atoms with Crippen molar-refractivity contribution in [2.45, 2.75) is 39.5 Å². The van der Waals surface area contributed by atoms with Crippen LogP contribution in [0.25, 0.3) is 0 Å². The minimum Gasteiger partial charge on any atom is -0.491 e. The Morgan fingerprint density at radius 1 is 1.20 bits per heavy atom. The third kappa shape index (κ3) is 4.62. The zero-order valence-electron chi connectivity index (χ0n) is 12.0. The van der Waals surface area contributed by atoms with E-state index in [4.69, 9.17) is 4.74 Å². The number of halogens is 1. The molecule has 0 radical (unpaired) electrons. The number of thiophene rings is 1. The van der Waals surface area contributed by atoms with Crippen LogP contribution in [0.3, 0.4) is 0 Å². The highest BCUT2D eigenvalue weighted by Crippen LogP contribution is 2.24. The van der Waals surface area contributed by atoms with E-state index in [0.29, 0.717) is 6.04 Å². The maximum absolute atomic E-state index is 5.74. The van der Waals surface area contributed by atoms with Crippen LogP contribution in [0.15, 0.2) is 40.2 Å². The van der Waals surface area contributed by atoms with E-state index in [1.165, 1.54) is 14.2 Å². The number of hydrogen-bond acceptors (Lipinski definition) is 3. The predicted molar refractivity (Wildman–Crippen MR) is 89.5 cm³/mol. The van der Waals surface area contributed by atoms with Crippen LogP contribution < -0.4 is 10.1 Å². The molecule has 1 aromatic heterocycles. The van der Waals surface area contributed by atoms with Crippen molar-refractivity contribution in [3.63, 3.8) is 0 Å². The summed E-state index contributed by atoms with van der Waals surface area (Å²) in [7, 11) is 0. The van der Waals surface area contributed by atoms with Gasteiger partial charge in [0, 0.05) is 17.5 Å². The molecule has 0 spiro atoms. The summed E-state index contributed by atoms with van der Waals surface area (Å²) in [5.41, 5.74) is 1.25. The minimum atomic E-state index is 0.206. The van der Waals surface area contributed by atoms with Crippen LogP contribution in [0.4, 0.5) is 0 Å². The van der Waals surface area contributed by atoms with Crippen molar-refractivity contribution < 1.29 is 4.74 Å². The van der Waals surface area contributed by atoms with Crippen molar-refractivity contribution >= 4 is 27.3 Å². The Labute approximate surface area is 133 Å². The number of nitrogens with one attached hydrogen (secondary N) is 1. The number of rotatable bonds is 6. The average molecular weight is 354 g/mol. The van der Waals surface area contributed by atoms with E-state index in [1.807, 2.05) is 26.0 Å². The summed E-state index contributed by atoms with van der Waals surface area (Å²) >= 11 is 5.26. The highest BCUT2D eigenvalue weighted by Gasteiger charge is 2.07. The third-order valence-electron chi connectivity index (χ3n) is 2.94. The van der Waals surface area contributed by atoms with E-state index >= 15 is 0 Å². The molecular weight excluding hydrogens is 334 g/mol. The van der Waals surface area contributed by atoms with Gasteiger partial charge in [0.15, 0.2) is 0 Å². The molecule has 1 heterocycles. The summed E-state index contributed by atoms with van der Waals surface area (Å²) in [6.07, 6.45) is 0.206. The molecule has 0 bridgehead atoms. The average Bonchev–Trinajstić information content (AvgIpc) is 2.81. The molecule has 4 heteroatoms. The molecule has 2 rings (SSSR count). The first-order valence-corrected chi connectivity index (χ1v) is 8.40. The SMILES string of the molecule is CC(C)Oc1cccc(C(C)NCc2ccc(Br)s2)c1. The molecule has 20 heavy (non-hydrogen) atoms. The van der Waals surface area contributed by atoms with E-state index in [-0.39, 0.29) is 6.10 Å². The van der Waals surface area contributed by atoms with Gasteiger partial charge >= 0.3 is 0 Å². The second kappa shape index (κ2) is 7.25. The summed E-state index contributed by atoms with van der Waals surface area (Å²) in [6, 6.07) is 12.8. The molecule has 0 aliphatic heterocycles. The van der Waals surface area contributed by atoms with Gasteiger partial charge in [0.1, 0.15) is 5.75 Å². The molecule has 1 unspecified atom stereocenters. The fraction of sp³-hybridized carbons (Fsp3) is 0.375. The molecule has 108 valence electrons. The van der Waals surface area contributed by atoms with Crippen molar-refractivity contribution in [3.8, 4) is 5.75 Å². The van der Waals surface area contributed by atoms with Gasteiger partial charge in [-0.3, -0.25) is 0 Å². The van der Waals surface area contributed by atoms with Crippen LogP contribution in [0.2, 0.25) is 0 Å². The van der Waals surface area contributed by atoms with Crippen LogP contribution >= 0.6 is 27.3 Å². The van der Waals surface area contributed by atoms with E-state index in [1.54, 1.807) is 11.3 Å². The van der Waals surface area contributed by atoms with Crippen molar-refractivity contribution in [3.05, 3.63) is 50.6 Å². The fourth-order valence-corrected chi connectivity index (χ4v) is 3.38. The molecular formula is C16H20BrNOS. The van der Waals surface area contributed by atoms with Crippen LogP contribution in [0, 0.1) is 0 Å². The van der Waals surface area contributed by atoms with Gasteiger partial charge in [0.05, 0.1) is 9.89 Å². The molecule has 2 aromatic rings. The lowest BCUT2D eigenvalue weighted by Gasteiger charge is -2.16. The Morgan fingerprint density at radius 3 is 2.65 bits per heavy atom. The Bertz CT molecular complexity index is 553. The summed E-state index contributed by atoms with van der Waals surface area (Å²) in [5.74, 6) is 0.935. The standard InChI is InChI=1S/C16H20BrNOS/c1-11(2)19-14-6-4-5-13(9-14)12(3)18-10-15-7-8-16(17)20-15/h4-9,11-12,18H,10H2,1-3H3. The largest absolute Gasteiger partial charge is 0.491 e. The van der Waals surface area contributed by atoms with Gasteiger partial charge < -0.3 is 10.1 Å². The Morgan fingerprint density at radius 2 is 2.00 bits per heavy atom. The predicted octanol–water partition coefficient (Wildman–Crippen LogP) is 5.15. The lowest BCUT2D eigenvalue weighted by molar-refractivity contribution is 0.242. The lowest BCUT2D eigenvalue weighted by Crippen LogP contribution is -2.17.